The van der Waals surface area contributed by atoms with Crippen LogP contribution in [0.2, 0.25) is 5.02 Å². The van der Waals surface area contributed by atoms with Gasteiger partial charge in [0.15, 0.2) is 0 Å². The Hall–Kier alpha value is -0.240. The minimum absolute atomic E-state index is 0.217. The number of alkyl halides is 1. The van der Waals surface area contributed by atoms with Crippen molar-refractivity contribution >= 4 is 23.2 Å². The van der Waals surface area contributed by atoms with E-state index in [2.05, 4.69) is 12.2 Å². The van der Waals surface area contributed by atoms with Crippen LogP contribution in [0, 0.1) is 0 Å². The molecule has 14 heavy (non-hydrogen) atoms. The first kappa shape index (κ1) is 11.8. The minimum atomic E-state index is 0.217. The summed E-state index contributed by atoms with van der Waals surface area (Å²) in [6, 6.07) is 7.84. The first-order valence-electron chi connectivity index (χ1n) is 4.81. The largest absolute Gasteiger partial charge is 0.311 e. The molecule has 0 radical (unpaired) electrons. The Morgan fingerprint density at radius 1 is 1.43 bits per heavy atom. The van der Waals surface area contributed by atoms with Crippen molar-refractivity contribution in [1.29, 1.82) is 0 Å². The summed E-state index contributed by atoms with van der Waals surface area (Å²) in [5.74, 6) is 0. The summed E-state index contributed by atoms with van der Waals surface area (Å²) in [5.41, 5.74) is 1.19. The van der Waals surface area contributed by atoms with Crippen LogP contribution in [0.1, 0.15) is 18.9 Å². The summed E-state index contributed by atoms with van der Waals surface area (Å²) in [6.45, 7) is 3.74. The fraction of sp³-hybridized carbons (Fsp3) is 0.455. The lowest BCUT2D eigenvalue weighted by Crippen LogP contribution is -2.22. The fourth-order valence-electron chi connectivity index (χ4n) is 1.16. The lowest BCUT2D eigenvalue weighted by molar-refractivity contribution is 0.647. The van der Waals surface area contributed by atoms with Crippen LogP contribution in [-0.2, 0) is 6.54 Å². The summed E-state index contributed by atoms with van der Waals surface area (Å²) in [5, 5.41) is 4.29. The third kappa shape index (κ3) is 4.32. The van der Waals surface area contributed by atoms with E-state index in [0.29, 0.717) is 0 Å². The lowest BCUT2D eigenvalue weighted by Gasteiger charge is -2.08. The van der Waals surface area contributed by atoms with Crippen molar-refractivity contribution < 1.29 is 0 Å². The predicted octanol–water partition coefficient (Wildman–Crippen LogP) is 3.45. The van der Waals surface area contributed by atoms with E-state index in [1.54, 1.807) is 0 Å². The highest BCUT2D eigenvalue weighted by atomic mass is 35.5. The molecule has 3 heteroatoms. The maximum Gasteiger partial charge on any atom is 0.0458 e. The molecule has 0 aliphatic heterocycles. The van der Waals surface area contributed by atoms with Gasteiger partial charge in [0.05, 0.1) is 0 Å². The third-order valence-electron chi connectivity index (χ3n) is 2.03. The van der Waals surface area contributed by atoms with E-state index in [-0.39, 0.29) is 5.38 Å². The molecule has 1 rings (SSSR count). The molecule has 1 aromatic rings. The second-order valence-corrected chi connectivity index (χ2v) is 4.32. The van der Waals surface area contributed by atoms with Crippen molar-refractivity contribution in [2.24, 2.45) is 0 Å². The molecule has 0 bridgehead atoms. The molecule has 0 saturated heterocycles. The van der Waals surface area contributed by atoms with Crippen molar-refractivity contribution in [2.75, 3.05) is 6.54 Å². The Labute approximate surface area is 95.4 Å². The topological polar surface area (TPSA) is 12.0 Å². The molecule has 1 unspecified atom stereocenters. The summed E-state index contributed by atoms with van der Waals surface area (Å²) in [4.78, 5) is 0. The second-order valence-electron chi connectivity index (χ2n) is 3.27. The smallest absolute Gasteiger partial charge is 0.0458 e. The van der Waals surface area contributed by atoms with Gasteiger partial charge < -0.3 is 5.32 Å². The van der Waals surface area contributed by atoms with Gasteiger partial charge in [0.25, 0.3) is 0 Å². The van der Waals surface area contributed by atoms with E-state index in [9.17, 15) is 0 Å². The number of nitrogens with one attached hydrogen (secondary N) is 1. The molecule has 1 nitrogen and oxygen atoms in total. The molecule has 0 aliphatic carbocycles. The zero-order valence-corrected chi connectivity index (χ0v) is 9.78. The molecule has 0 heterocycles. The number of rotatable bonds is 5. The van der Waals surface area contributed by atoms with Gasteiger partial charge in [-0.2, -0.15) is 0 Å². The summed E-state index contributed by atoms with van der Waals surface area (Å²) < 4.78 is 0. The van der Waals surface area contributed by atoms with E-state index in [0.717, 1.165) is 24.5 Å². The minimum Gasteiger partial charge on any atom is -0.311 e. The highest BCUT2D eigenvalue weighted by Gasteiger charge is 2.00. The normalized spacial score (nSPS) is 12.8. The van der Waals surface area contributed by atoms with Crippen LogP contribution < -0.4 is 5.32 Å². The van der Waals surface area contributed by atoms with Crippen molar-refractivity contribution in [3.63, 3.8) is 0 Å². The average molecular weight is 232 g/mol. The monoisotopic (exact) mass is 231 g/mol. The summed E-state index contributed by atoms with van der Waals surface area (Å²) >= 11 is 11.8. The molecule has 0 aromatic heterocycles. The number of benzene rings is 1. The van der Waals surface area contributed by atoms with Crippen LogP contribution in [0.15, 0.2) is 24.3 Å². The molecular weight excluding hydrogens is 217 g/mol. The first-order valence-corrected chi connectivity index (χ1v) is 5.63. The van der Waals surface area contributed by atoms with Crippen molar-refractivity contribution in [1.82, 2.24) is 5.32 Å². The molecule has 0 fully saturated rings. The molecule has 0 spiro atoms. The molecule has 0 aliphatic rings. The van der Waals surface area contributed by atoms with Crippen molar-refractivity contribution in [3.05, 3.63) is 34.9 Å². The summed E-state index contributed by atoms with van der Waals surface area (Å²) in [7, 11) is 0. The van der Waals surface area contributed by atoms with Gasteiger partial charge in [0, 0.05) is 23.5 Å². The Kier molecular flexibility index (Phi) is 5.31. The van der Waals surface area contributed by atoms with E-state index in [4.69, 9.17) is 23.2 Å². The van der Waals surface area contributed by atoms with Crippen LogP contribution in [0.5, 0.6) is 0 Å². The fourth-order valence-corrected chi connectivity index (χ4v) is 1.49. The van der Waals surface area contributed by atoms with Gasteiger partial charge in [0.1, 0.15) is 0 Å². The maximum absolute atomic E-state index is 5.97. The van der Waals surface area contributed by atoms with Gasteiger partial charge in [-0.15, -0.1) is 11.6 Å². The van der Waals surface area contributed by atoms with Gasteiger partial charge in [-0.25, -0.2) is 0 Å². The van der Waals surface area contributed by atoms with Crippen LogP contribution in [0.4, 0.5) is 0 Å². The van der Waals surface area contributed by atoms with Crippen LogP contribution in [0.25, 0.3) is 0 Å². The number of hydrogen-bond acceptors (Lipinski definition) is 1. The standard InChI is InChI=1S/C11H15Cl2N/c1-2-10(12)8-14-7-9-4-3-5-11(13)6-9/h3-6,10,14H,2,7-8H2,1H3. The third-order valence-corrected chi connectivity index (χ3v) is 2.72. The molecule has 0 saturated carbocycles. The van der Waals surface area contributed by atoms with Crippen LogP contribution in [-0.4, -0.2) is 11.9 Å². The lowest BCUT2D eigenvalue weighted by atomic mass is 10.2. The van der Waals surface area contributed by atoms with Gasteiger partial charge in [-0.3, -0.25) is 0 Å². The average Bonchev–Trinajstić information content (AvgIpc) is 2.17. The van der Waals surface area contributed by atoms with E-state index in [1.165, 1.54) is 5.56 Å². The highest BCUT2D eigenvalue weighted by molar-refractivity contribution is 6.30. The van der Waals surface area contributed by atoms with Gasteiger partial charge in [0.2, 0.25) is 0 Å². The Balaban J connectivity index is 2.31. The quantitative estimate of drug-likeness (QED) is 0.766. The molecular formula is C11H15Cl2N. The second kappa shape index (κ2) is 6.28. The van der Waals surface area contributed by atoms with Gasteiger partial charge in [-0.1, -0.05) is 30.7 Å². The Bertz CT molecular complexity index is 276. The van der Waals surface area contributed by atoms with Crippen molar-refractivity contribution in [2.45, 2.75) is 25.3 Å². The van der Waals surface area contributed by atoms with E-state index < -0.39 is 0 Å². The Morgan fingerprint density at radius 3 is 2.86 bits per heavy atom. The maximum atomic E-state index is 5.97. The zero-order chi connectivity index (χ0) is 10.4. The molecule has 0 amide bonds. The Morgan fingerprint density at radius 2 is 2.21 bits per heavy atom. The SMILES string of the molecule is CCC(Cl)CNCc1cccc(Cl)c1. The molecule has 78 valence electrons. The van der Waals surface area contributed by atoms with E-state index >= 15 is 0 Å². The summed E-state index contributed by atoms with van der Waals surface area (Å²) in [6.07, 6.45) is 0.990. The van der Waals surface area contributed by atoms with Crippen LogP contribution in [0.3, 0.4) is 0 Å². The van der Waals surface area contributed by atoms with Gasteiger partial charge in [-0.05, 0) is 24.1 Å². The molecule has 1 aromatic carbocycles. The zero-order valence-electron chi connectivity index (χ0n) is 8.26. The van der Waals surface area contributed by atoms with Gasteiger partial charge >= 0.3 is 0 Å². The van der Waals surface area contributed by atoms with Crippen LogP contribution >= 0.6 is 23.2 Å². The number of halogens is 2. The van der Waals surface area contributed by atoms with Crippen molar-refractivity contribution in [3.8, 4) is 0 Å². The molecule has 1 atom stereocenters. The van der Waals surface area contributed by atoms with E-state index in [1.807, 2.05) is 24.3 Å². The molecule has 1 N–H and O–H groups in total. The number of hydrogen-bond donors (Lipinski definition) is 1. The predicted molar refractivity (Wildman–Crippen MR) is 63.1 cm³/mol. The highest BCUT2D eigenvalue weighted by Crippen LogP contribution is 2.10. The first-order chi connectivity index (χ1) is 6.72.